The molecule has 1 aromatic heterocycles. The van der Waals surface area contributed by atoms with Crippen molar-refractivity contribution < 1.29 is 9.72 Å². The number of nitrogens with two attached hydrogens (primary N) is 2. The molecule has 8 heteroatoms. The largest absolute Gasteiger partial charge is 0.378 e. The van der Waals surface area contributed by atoms with Gasteiger partial charge >= 0.3 is 5.69 Å². The van der Waals surface area contributed by atoms with Crippen LogP contribution < -0.4 is 11.5 Å². The minimum Gasteiger partial charge on any atom is -0.378 e. The fourth-order valence-corrected chi connectivity index (χ4v) is 1.15. The van der Waals surface area contributed by atoms with Crippen molar-refractivity contribution in [1.29, 1.82) is 0 Å². The lowest BCUT2D eigenvalue weighted by Crippen LogP contribution is -2.05. The molecular weight excluding hydrogens is 236 g/mol. The Labute approximate surface area is 94.9 Å². The molecular formula is C8H7ClN4O3. The maximum atomic E-state index is 10.6. The van der Waals surface area contributed by atoms with Gasteiger partial charge in [0, 0.05) is 17.7 Å². The van der Waals surface area contributed by atoms with Crippen LogP contribution in [0, 0.1) is 10.1 Å². The molecule has 0 aliphatic rings. The Hall–Kier alpha value is -2.15. The predicted octanol–water partition coefficient (Wildman–Crippen LogP) is 0.724. The van der Waals surface area contributed by atoms with E-state index in [9.17, 15) is 14.9 Å². The number of aromatic nitrogens is 1. The first kappa shape index (κ1) is 11.9. The van der Waals surface area contributed by atoms with Crippen LogP contribution in [0.4, 0.5) is 11.5 Å². The Kier molecular flexibility index (Phi) is 3.41. The summed E-state index contributed by atoms with van der Waals surface area (Å²) >= 11 is 5.67. The van der Waals surface area contributed by atoms with Crippen LogP contribution >= 0.6 is 11.6 Å². The van der Waals surface area contributed by atoms with Crippen molar-refractivity contribution >= 4 is 35.1 Å². The molecule has 0 aliphatic carbocycles. The third kappa shape index (κ3) is 2.67. The van der Waals surface area contributed by atoms with Crippen LogP contribution in [0.2, 0.25) is 5.15 Å². The van der Waals surface area contributed by atoms with Gasteiger partial charge in [-0.15, -0.1) is 0 Å². The standard InChI is InChI=1S/C8H7ClN4O3/c9-7-4(1-2-6(10)14)3-5(13(15)16)8(11)12-7/h1-3H,(H2,10,14)(H2,11,12). The SMILES string of the molecule is NC(=O)C=Cc1cc([N+](=O)[O-])c(N)nc1Cl. The van der Waals surface area contributed by atoms with Crippen LogP contribution in [0.1, 0.15) is 5.56 Å². The smallest absolute Gasteiger partial charge is 0.311 e. The number of hydrogen-bond donors (Lipinski definition) is 2. The number of carbonyl (C=O) groups excluding carboxylic acids is 1. The van der Waals surface area contributed by atoms with E-state index >= 15 is 0 Å². The van der Waals surface area contributed by atoms with Crippen LogP contribution in [-0.2, 0) is 4.79 Å². The number of anilines is 1. The van der Waals surface area contributed by atoms with E-state index in [0.29, 0.717) is 0 Å². The molecule has 16 heavy (non-hydrogen) atoms. The summed E-state index contributed by atoms with van der Waals surface area (Å²) in [7, 11) is 0. The Morgan fingerprint density at radius 3 is 2.75 bits per heavy atom. The van der Waals surface area contributed by atoms with E-state index in [0.717, 1.165) is 12.1 Å². The zero-order chi connectivity index (χ0) is 12.3. The van der Waals surface area contributed by atoms with Crippen LogP contribution in [0.3, 0.4) is 0 Å². The van der Waals surface area contributed by atoms with Crippen LogP contribution in [0.25, 0.3) is 6.08 Å². The van der Waals surface area contributed by atoms with Gasteiger partial charge in [0.15, 0.2) is 0 Å². The highest BCUT2D eigenvalue weighted by molar-refractivity contribution is 6.31. The van der Waals surface area contributed by atoms with E-state index in [1.807, 2.05) is 0 Å². The number of amides is 1. The molecule has 0 unspecified atom stereocenters. The summed E-state index contributed by atoms with van der Waals surface area (Å²) in [5, 5.41) is 10.5. The first-order valence-corrected chi connectivity index (χ1v) is 4.37. The highest BCUT2D eigenvalue weighted by Gasteiger charge is 2.15. The van der Waals surface area contributed by atoms with E-state index in [-0.39, 0.29) is 22.2 Å². The molecule has 0 saturated carbocycles. The Bertz CT molecular complexity index is 486. The number of nitro groups is 1. The monoisotopic (exact) mass is 242 g/mol. The van der Waals surface area contributed by atoms with E-state index < -0.39 is 10.8 Å². The molecule has 0 fully saturated rings. The van der Waals surface area contributed by atoms with Gasteiger partial charge in [0.2, 0.25) is 11.7 Å². The molecule has 0 aromatic carbocycles. The molecule has 0 aliphatic heterocycles. The minimum atomic E-state index is -0.699. The van der Waals surface area contributed by atoms with Crippen LogP contribution in [0.15, 0.2) is 12.1 Å². The molecule has 7 nitrogen and oxygen atoms in total. The number of rotatable bonds is 3. The van der Waals surface area contributed by atoms with E-state index in [2.05, 4.69) is 4.98 Å². The summed E-state index contributed by atoms with van der Waals surface area (Å²) in [5.74, 6) is -0.984. The lowest BCUT2D eigenvalue weighted by atomic mass is 10.2. The van der Waals surface area contributed by atoms with Gasteiger partial charge in [-0.3, -0.25) is 14.9 Å². The minimum absolute atomic E-state index is 0.0411. The fraction of sp³-hybridized carbons (Fsp3) is 0. The zero-order valence-corrected chi connectivity index (χ0v) is 8.64. The highest BCUT2D eigenvalue weighted by atomic mass is 35.5. The number of nitrogens with zero attached hydrogens (tertiary/aromatic N) is 2. The van der Waals surface area contributed by atoms with Crippen molar-refractivity contribution in [2.75, 3.05) is 5.73 Å². The maximum Gasteiger partial charge on any atom is 0.311 e. The number of primary amides is 1. The molecule has 0 bridgehead atoms. The average Bonchev–Trinajstić information content (AvgIpc) is 2.15. The van der Waals surface area contributed by atoms with E-state index in [4.69, 9.17) is 23.1 Å². The number of pyridine rings is 1. The van der Waals surface area contributed by atoms with Crippen molar-refractivity contribution in [3.05, 3.63) is 33.0 Å². The molecule has 1 aromatic rings. The first-order valence-electron chi connectivity index (χ1n) is 3.99. The first-order chi connectivity index (χ1) is 7.41. The third-order valence-corrected chi connectivity index (χ3v) is 1.94. The van der Waals surface area contributed by atoms with Crippen molar-refractivity contribution in [2.45, 2.75) is 0 Å². The normalized spacial score (nSPS) is 10.6. The maximum absolute atomic E-state index is 10.6. The van der Waals surface area contributed by atoms with Crippen LogP contribution in [0.5, 0.6) is 0 Å². The Morgan fingerprint density at radius 1 is 1.62 bits per heavy atom. The second-order valence-corrected chi connectivity index (χ2v) is 3.12. The summed E-state index contributed by atoms with van der Waals surface area (Å²) in [6.07, 6.45) is 2.24. The predicted molar refractivity (Wildman–Crippen MR) is 58.5 cm³/mol. The summed E-state index contributed by atoms with van der Waals surface area (Å²) in [4.78, 5) is 23.9. The van der Waals surface area contributed by atoms with Gasteiger partial charge < -0.3 is 11.5 Å². The second kappa shape index (κ2) is 4.58. The quantitative estimate of drug-likeness (QED) is 0.350. The summed E-state index contributed by atoms with van der Waals surface area (Å²) in [6.45, 7) is 0. The topological polar surface area (TPSA) is 125 Å². The van der Waals surface area contributed by atoms with Gasteiger partial charge in [-0.25, -0.2) is 4.98 Å². The third-order valence-electron chi connectivity index (χ3n) is 1.64. The van der Waals surface area contributed by atoms with Gasteiger partial charge in [0.1, 0.15) is 5.15 Å². The van der Waals surface area contributed by atoms with E-state index in [1.54, 1.807) is 0 Å². The number of nitrogen functional groups attached to an aromatic ring is 1. The molecule has 1 amide bonds. The van der Waals surface area contributed by atoms with Gasteiger partial charge in [-0.1, -0.05) is 11.6 Å². The lowest BCUT2D eigenvalue weighted by molar-refractivity contribution is -0.384. The summed E-state index contributed by atoms with van der Waals surface area (Å²) < 4.78 is 0. The molecule has 4 N–H and O–H groups in total. The van der Waals surface area contributed by atoms with Crippen molar-refractivity contribution in [2.24, 2.45) is 5.73 Å². The lowest BCUT2D eigenvalue weighted by Gasteiger charge is -2.00. The molecule has 0 radical (unpaired) electrons. The molecule has 0 atom stereocenters. The molecule has 1 heterocycles. The molecule has 0 saturated heterocycles. The highest BCUT2D eigenvalue weighted by Crippen LogP contribution is 2.26. The zero-order valence-electron chi connectivity index (χ0n) is 7.88. The van der Waals surface area contributed by atoms with Gasteiger partial charge in [0.05, 0.1) is 4.92 Å². The van der Waals surface area contributed by atoms with Crippen LogP contribution in [-0.4, -0.2) is 15.8 Å². The number of halogens is 1. The Morgan fingerprint density at radius 2 is 2.25 bits per heavy atom. The fourth-order valence-electron chi connectivity index (χ4n) is 0.943. The second-order valence-electron chi connectivity index (χ2n) is 2.77. The Balaban J connectivity index is 3.25. The molecule has 1 rings (SSSR count). The summed E-state index contributed by atoms with van der Waals surface area (Å²) in [5.41, 5.74) is 9.98. The van der Waals surface area contributed by atoms with E-state index in [1.165, 1.54) is 6.08 Å². The van der Waals surface area contributed by atoms with Crippen molar-refractivity contribution in [3.8, 4) is 0 Å². The molecule has 0 spiro atoms. The summed E-state index contributed by atoms with van der Waals surface area (Å²) in [6, 6.07) is 1.12. The van der Waals surface area contributed by atoms with Crippen molar-refractivity contribution in [1.82, 2.24) is 4.98 Å². The van der Waals surface area contributed by atoms with Crippen molar-refractivity contribution in [3.63, 3.8) is 0 Å². The van der Waals surface area contributed by atoms with Gasteiger partial charge in [-0.2, -0.15) is 0 Å². The molecule has 84 valence electrons. The van der Waals surface area contributed by atoms with Gasteiger partial charge in [-0.05, 0) is 6.08 Å². The van der Waals surface area contributed by atoms with Gasteiger partial charge in [0.25, 0.3) is 0 Å². The number of hydrogen-bond acceptors (Lipinski definition) is 5. The number of carbonyl (C=O) groups is 1. The average molecular weight is 243 g/mol.